The SMILES string of the molecule is CCCCCCOC(=O)CCCCCCCCC(=O)Oc1ccccc1C. The van der Waals surface area contributed by atoms with Gasteiger partial charge in [0.2, 0.25) is 0 Å². The predicted molar refractivity (Wildman–Crippen MR) is 109 cm³/mol. The van der Waals surface area contributed by atoms with Crippen molar-refractivity contribution >= 4 is 11.9 Å². The van der Waals surface area contributed by atoms with Crippen molar-refractivity contribution in [3.8, 4) is 5.75 Å². The van der Waals surface area contributed by atoms with Crippen LogP contribution in [0, 0.1) is 6.92 Å². The van der Waals surface area contributed by atoms with Crippen molar-refractivity contribution in [3.63, 3.8) is 0 Å². The van der Waals surface area contributed by atoms with Crippen molar-refractivity contribution in [1.82, 2.24) is 0 Å². The zero-order valence-corrected chi connectivity index (χ0v) is 17.1. The third-order valence-electron chi connectivity index (χ3n) is 4.59. The standard InChI is InChI=1S/C23H36O4/c1-3-4-5-14-19-26-22(24)17-10-8-6-7-9-11-18-23(25)27-21-16-13-12-15-20(21)2/h12-13,15-16H,3-11,14,17-19H2,1-2H3. The Morgan fingerprint density at radius 3 is 2.04 bits per heavy atom. The first-order valence-corrected chi connectivity index (χ1v) is 10.6. The number of unbranched alkanes of at least 4 members (excludes halogenated alkanes) is 8. The molecule has 1 aromatic carbocycles. The highest BCUT2D eigenvalue weighted by Gasteiger charge is 2.06. The number of ether oxygens (including phenoxy) is 2. The topological polar surface area (TPSA) is 52.6 Å². The number of hydrogen-bond acceptors (Lipinski definition) is 4. The molecule has 152 valence electrons. The molecule has 0 unspecified atom stereocenters. The Morgan fingerprint density at radius 1 is 0.778 bits per heavy atom. The molecule has 0 atom stereocenters. The average molecular weight is 377 g/mol. The first-order chi connectivity index (χ1) is 13.1. The molecule has 0 bridgehead atoms. The van der Waals surface area contributed by atoms with Gasteiger partial charge in [0.05, 0.1) is 6.61 Å². The number of rotatable bonds is 15. The zero-order chi connectivity index (χ0) is 19.7. The van der Waals surface area contributed by atoms with Gasteiger partial charge in [-0.25, -0.2) is 0 Å². The molecule has 0 spiro atoms. The van der Waals surface area contributed by atoms with Crippen molar-refractivity contribution in [2.45, 2.75) is 90.9 Å². The van der Waals surface area contributed by atoms with Gasteiger partial charge in [0.15, 0.2) is 0 Å². The summed E-state index contributed by atoms with van der Waals surface area (Å²) in [6.07, 6.45) is 11.5. The van der Waals surface area contributed by atoms with Gasteiger partial charge in [-0.2, -0.15) is 0 Å². The zero-order valence-electron chi connectivity index (χ0n) is 17.1. The molecule has 0 saturated heterocycles. The maximum absolute atomic E-state index is 11.8. The summed E-state index contributed by atoms with van der Waals surface area (Å²) < 4.78 is 10.6. The molecule has 0 saturated carbocycles. The quantitative estimate of drug-likeness (QED) is 0.209. The van der Waals surface area contributed by atoms with Gasteiger partial charge in [-0.3, -0.25) is 9.59 Å². The lowest BCUT2D eigenvalue weighted by Crippen LogP contribution is -2.08. The molecule has 0 heterocycles. The van der Waals surface area contributed by atoms with E-state index in [-0.39, 0.29) is 11.9 Å². The molecule has 0 aromatic heterocycles. The molecule has 0 N–H and O–H groups in total. The van der Waals surface area contributed by atoms with E-state index in [0.717, 1.165) is 56.9 Å². The molecular formula is C23H36O4. The number of aryl methyl sites for hydroxylation is 1. The summed E-state index contributed by atoms with van der Waals surface area (Å²) in [4.78, 5) is 23.4. The maximum atomic E-state index is 11.8. The molecule has 27 heavy (non-hydrogen) atoms. The molecule has 4 heteroatoms. The third-order valence-corrected chi connectivity index (χ3v) is 4.59. The number of hydrogen-bond donors (Lipinski definition) is 0. The summed E-state index contributed by atoms with van der Waals surface area (Å²) in [6, 6.07) is 7.56. The molecule has 1 aromatic rings. The Morgan fingerprint density at radius 2 is 1.37 bits per heavy atom. The molecule has 0 aliphatic rings. The van der Waals surface area contributed by atoms with Crippen LogP contribution in [0.2, 0.25) is 0 Å². The van der Waals surface area contributed by atoms with Gasteiger partial charge < -0.3 is 9.47 Å². The van der Waals surface area contributed by atoms with Crippen LogP contribution in [0.3, 0.4) is 0 Å². The number of benzene rings is 1. The fourth-order valence-corrected chi connectivity index (χ4v) is 2.88. The largest absolute Gasteiger partial charge is 0.466 e. The summed E-state index contributed by atoms with van der Waals surface area (Å²) in [5.74, 6) is 0.427. The molecule has 0 radical (unpaired) electrons. The predicted octanol–water partition coefficient (Wildman–Crippen LogP) is 6.14. The highest BCUT2D eigenvalue weighted by atomic mass is 16.5. The molecule has 1 rings (SSSR count). The lowest BCUT2D eigenvalue weighted by Gasteiger charge is -2.07. The van der Waals surface area contributed by atoms with Crippen molar-refractivity contribution < 1.29 is 19.1 Å². The smallest absolute Gasteiger partial charge is 0.311 e. The number of esters is 2. The van der Waals surface area contributed by atoms with E-state index in [1.165, 1.54) is 12.8 Å². The number of para-hydroxylation sites is 1. The van der Waals surface area contributed by atoms with E-state index in [9.17, 15) is 9.59 Å². The van der Waals surface area contributed by atoms with E-state index >= 15 is 0 Å². The Hall–Kier alpha value is -1.84. The lowest BCUT2D eigenvalue weighted by atomic mass is 10.1. The average Bonchev–Trinajstić information content (AvgIpc) is 2.65. The van der Waals surface area contributed by atoms with Crippen LogP contribution < -0.4 is 4.74 Å². The van der Waals surface area contributed by atoms with E-state index in [0.29, 0.717) is 25.2 Å². The van der Waals surface area contributed by atoms with Gasteiger partial charge in [-0.15, -0.1) is 0 Å². The molecule has 0 aliphatic heterocycles. The number of carbonyl (C=O) groups is 2. The second kappa shape index (κ2) is 15.2. The van der Waals surface area contributed by atoms with Gasteiger partial charge in [-0.1, -0.05) is 70.1 Å². The summed E-state index contributed by atoms with van der Waals surface area (Å²) >= 11 is 0. The second-order valence-electron chi connectivity index (χ2n) is 7.14. The molecular weight excluding hydrogens is 340 g/mol. The highest BCUT2D eigenvalue weighted by Crippen LogP contribution is 2.17. The lowest BCUT2D eigenvalue weighted by molar-refractivity contribution is -0.144. The second-order valence-corrected chi connectivity index (χ2v) is 7.14. The molecule has 4 nitrogen and oxygen atoms in total. The monoisotopic (exact) mass is 376 g/mol. The molecule has 0 aliphatic carbocycles. The van der Waals surface area contributed by atoms with Crippen molar-refractivity contribution in [1.29, 1.82) is 0 Å². The first kappa shape index (κ1) is 23.2. The van der Waals surface area contributed by atoms with Crippen LogP contribution in [0.5, 0.6) is 5.75 Å². The Labute approximate surface area is 164 Å². The Balaban J connectivity index is 1.92. The van der Waals surface area contributed by atoms with Crippen LogP contribution in [0.1, 0.15) is 89.5 Å². The van der Waals surface area contributed by atoms with Crippen LogP contribution >= 0.6 is 0 Å². The fourth-order valence-electron chi connectivity index (χ4n) is 2.88. The van der Waals surface area contributed by atoms with Crippen molar-refractivity contribution in [2.75, 3.05) is 6.61 Å². The molecule has 0 fully saturated rings. The van der Waals surface area contributed by atoms with E-state index in [4.69, 9.17) is 9.47 Å². The van der Waals surface area contributed by atoms with E-state index < -0.39 is 0 Å². The first-order valence-electron chi connectivity index (χ1n) is 10.6. The van der Waals surface area contributed by atoms with Crippen LogP contribution in [0.15, 0.2) is 24.3 Å². The van der Waals surface area contributed by atoms with Crippen molar-refractivity contribution in [2.24, 2.45) is 0 Å². The van der Waals surface area contributed by atoms with Crippen LogP contribution in [0.4, 0.5) is 0 Å². The minimum Gasteiger partial charge on any atom is -0.466 e. The van der Waals surface area contributed by atoms with E-state index in [1.807, 2.05) is 31.2 Å². The summed E-state index contributed by atoms with van der Waals surface area (Å²) in [7, 11) is 0. The normalized spacial score (nSPS) is 10.6. The summed E-state index contributed by atoms with van der Waals surface area (Å²) in [5.41, 5.74) is 0.977. The van der Waals surface area contributed by atoms with Crippen LogP contribution in [0.25, 0.3) is 0 Å². The van der Waals surface area contributed by atoms with Gasteiger partial charge in [0.1, 0.15) is 5.75 Å². The Kier molecular flexibility index (Phi) is 13.1. The minimum absolute atomic E-state index is 0.0644. The van der Waals surface area contributed by atoms with Crippen molar-refractivity contribution in [3.05, 3.63) is 29.8 Å². The van der Waals surface area contributed by atoms with Gasteiger partial charge >= 0.3 is 11.9 Å². The van der Waals surface area contributed by atoms with Crippen LogP contribution in [-0.2, 0) is 14.3 Å². The van der Waals surface area contributed by atoms with Gasteiger partial charge in [-0.05, 0) is 37.8 Å². The minimum atomic E-state index is -0.161. The highest BCUT2D eigenvalue weighted by molar-refractivity contribution is 5.72. The van der Waals surface area contributed by atoms with Gasteiger partial charge in [0, 0.05) is 12.8 Å². The van der Waals surface area contributed by atoms with Gasteiger partial charge in [0.25, 0.3) is 0 Å². The third kappa shape index (κ3) is 12.2. The summed E-state index contributed by atoms with van der Waals surface area (Å²) in [5, 5.41) is 0. The Bertz CT molecular complexity index is 539. The molecule has 0 amide bonds. The van der Waals surface area contributed by atoms with E-state index in [2.05, 4.69) is 6.92 Å². The fraction of sp³-hybridized carbons (Fsp3) is 0.652. The number of carbonyl (C=O) groups excluding carboxylic acids is 2. The maximum Gasteiger partial charge on any atom is 0.311 e. The summed E-state index contributed by atoms with van der Waals surface area (Å²) in [6.45, 7) is 4.67. The van der Waals surface area contributed by atoms with Crippen LogP contribution in [-0.4, -0.2) is 18.5 Å². The van der Waals surface area contributed by atoms with E-state index in [1.54, 1.807) is 0 Å².